The zero-order valence-corrected chi connectivity index (χ0v) is 12.6. The number of nitrogens with one attached hydrogen (secondary N) is 1. The predicted octanol–water partition coefficient (Wildman–Crippen LogP) is 3.35. The molecule has 0 spiro atoms. The van der Waals surface area contributed by atoms with Crippen LogP contribution in [0.25, 0.3) is 0 Å². The molecule has 0 radical (unpaired) electrons. The molecular formula is C16H22N2O3. The molecular weight excluding hydrogens is 268 g/mol. The summed E-state index contributed by atoms with van der Waals surface area (Å²) in [6, 6.07) is 4.56. The van der Waals surface area contributed by atoms with Gasteiger partial charge in [-0.05, 0) is 49.4 Å². The van der Waals surface area contributed by atoms with Crippen molar-refractivity contribution in [2.75, 3.05) is 18.9 Å². The van der Waals surface area contributed by atoms with Crippen molar-refractivity contribution in [3.05, 3.63) is 29.3 Å². The molecule has 0 aromatic heterocycles. The number of benzene rings is 1. The highest BCUT2D eigenvalue weighted by atomic mass is 16.4. The fraction of sp³-hybridized carbons (Fsp3) is 0.500. The molecule has 0 heterocycles. The van der Waals surface area contributed by atoms with Crippen molar-refractivity contribution in [1.82, 2.24) is 4.90 Å². The molecule has 0 aliphatic heterocycles. The Balaban J connectivity index is 1.96. The van der Waals surface area contributed by atoms with Gasteiger partial charge in [0.05, 0.1) is 5.56 Å². The molecule has 0 bridgehead atoms. The number of carbonyl (C=O) groups is 2. The molecule has 1 aromatic rings. The van der Waals surface area contributed by atoms with Crippen LogP contribution < -0.4 is 5.32 Å². The van der Waals surface area contributed by atoms with Gasteiger partial charge in [-0.1, -0.05) is 12.8 Å². The number of carboxylic acids is 1. The van der Waals surface area contributed by atoms with E-state index < -0.39 is 5.97 Å². The van der Waals surface area contributed by atoms with E-state index in [0.29, 0.717) is 11.6 Å². The number of rotatable bonds is 4. The number of amides is 2. The summed E-state index contributed by atoms with van der Waals surface area (Å²) in [7, 11) is 1.80. The van der Waals surface area contributed by atoms with E-state index >= 15 is 0 Å². The molecule has 1 aliphatic carbocycles. The van der Waals surface area contributed by atoms with Crippen LogP contribution in [0.5, 0.6) is 0 Å². The van der Waals surface area contributed by atoms with Crippen LogP contribution in [0.2, 0.25) is 0 Å². The van der Waals surface area contributed by atoms with Crippen LogP contribution in [0.1, 0.15) is 41.6 Å². The fourth-order valence-electron chi connectivity index (χ4n) is 2.81. The molecule has 2 rings (SSSR count). The van der Waals surface area contributed by atoms with E-state index in [0.717, 1.165) is 12.1 Å². The molecule has 0 atom stereocenters. The van der Waals surface area contributed by atoms with E-state index in [-0.39, 0.29) is 11.6 Å². The topological polar surface area (TPSA) is 69.6 Å². The first-order chi connectivity index (χ1) is 9.97. The third-order valence-electron chi connectivity index (χ3n) is 4.07. The Bertz CT molecular complexity index is 536. The summed E-state index contributed by atoms with van der Waals surface area (Å²) < 4.78 is 0. The van der Waals surface area contributed by atoms with Gasteiger partial charge in [-0.25, -0.2) is 9.59 Å². The first kappa shape index (κ1) is 15.4. The lowest BCUT2D eigenvalue weighted by atomic mass is 10.1. The number of aryl methyl sites for hydroxylation is 1. The Hall–Kier alpha value is -2.04. The number of urea groups is 1. The van der Waals surface area contributed by atoms with Gasteiger partial charge in [-0.2, -0.15) is 0 Å². The van der Waals surface area contributed by atoms with Gasteiger partial charge in [0.15, 0.2) is 0 Å². The Labute approximate surface area is 125 Å². The van der Waals surface area contributed by atoms with E-state index in [1.54, 1.807) is 31.0 Å². The summed E-state index contributed by atoms with van der Waals surface area (Å²) in [5.41, 5.74) is 1.63. The van der Waals surface area contributed by atoms with Gasteiger partial charge >= 0.3 is 12.0 Å². The second-order valence-corrected chi connectivity index (χ2v) is 5.80. The highest BCUT2D eigenvalue weighted by Gasteiger charge is 2.19. The minimum atomic E-state index is -0.964. The van der Waals surface area contributed by atoms with Crippen LogP contribution in [0.4, 0.5) is 10.5 Å². The van der Waals surface area contributed by atoms with Crippen LogP contribution in [0.15, 0.2) is 18.2 Å². The maximum Gasteiger partial charge on any atom is 0.335 e. The summed E-state index contributed by atoms with van der Waals surface area (Å²) >= 11 is 0. The number of carbonyl (C=O) groups excluding carboxylic acids is 1. The minimum absolute atomic E-state index is 0.145. The fourth-order valence-corrected chi connectivity index (χ4v) is 2.81. The Morgan fingerprint density at radius 2 is 2.00 bits per heavy atom. The third kappa shape index (κ3) is 3.97. The number of hydrogen-bond acceptors (Lipinski definition) is 2. The minimum Gasteiger partial charge on any atom is -0.478 e. The molecule has 114 valence electrons. The van der Waals surface area contributed by atoms with Crippen molar-refractivity contribution in [3.8, 4) is 0 Å². The van der Waals surface area contributed by atoms with Crippen molar-refractivity contribution >= 4 is 17.7 Å². The van der Waals surface area contributed by atoms with E-state index in [1.165, 1.54) is 31.7 Å². The molecule has 21 heavy (non-hydrogen) atoms. The highest BCUT2D eigenvalue weighted by molar-refractivity contribution is 5.92. The van der Waals surface area contributed by atoms with Crippen LogP contribution in [-0.2, 0) is 0 Å². The molecule has 0 saturated heterocycles. The van der Waals surface area contributed by atoms with E-state index in [1.807, 2.05) is 0 Å². The maximum atomic E-state index is 12.2. The third-order valence-corrected chi connectivity index (χ3v) is 4.07. The molecule has 5 nitrogen and oxygen atoms in total. The number of carboxylic acid groups (broad SMARTS) is 1. The highest BCUT2D eigenvalue weighted by Crippen LogP contribution is 2.25. The van der Waals surface area contributed by atoms with E-state index in [4.69, 9.17) is 5.11 Å². The lowest BCUT2D eigenvalue weighted by molar-refractivity contribution is 0.0697. The van der Waals surface area contributed by atoms with E-state index in [9.17, 15) is 9.59 Å². The Morgan fingerprint density at radius 3 is 2.57 bits per heavy atom. The second-order valence-electron chi connectivity index (χ2n) is 5.80. The maximum absolute atomic E-state index is 12.2. The number of aromatic carboxylic acids is 1. The van der Waals surface area contributed by atoms with Gasteiger partial charge in [-0.15, -0.1) is 0 Å². The normalized spacial score (nSPS) is 15.0. The van der Waals surface area contributed by atoms with Crippen LogP contribution in [0.3, 0.4) is 0 Å². The molecule has 1 saturated carbocycles. The predicted molar refractivity (Wildman–Crippen MR) is 81.7 cm³/mol. The molecule has 1 fully saturated rings. The number of anilines is 1. The lowest BCUT2D eigenvalue weighted by Crippen LogP contribution is -2.34. The van der Waals surface area contributed by atoms with Gasteiger partial charge in [-0.3, -0.25) is 0 Å². The van der Waals surface area contributed by atoms with Gasteiger partial charge in [0.25, 0.3) is 0 Å². The zero-order valence-electron chi connectivity index (χ0n) is 12.6. The van der Waals surface area contributed by atoms with Gasteiger partial charge < -0.3 is 15.3 Å². The average molecular weight is 290 g/mol. The van der Waals surface area contributed by atoms with Gasteiger partial charge in [0, 0.05) is 19.3 Å². The zero-order chi connectivity index (χ0) is 15.4. The largest absolute Gasteiger partial charge is 0.478 e. The van der Waals surface area contributed by atoms with E-state index in [2.05, 4.69) is 5.32 Å². The van der Waals surface area contributed by atoms with Gasteiger partial charge in [0.1, 0.15) is 0 Å². The summed E-state index contributed by atoms with van der Waals surface area (Å²) in [4.78, 5) is 24.8. The SMILES string of the molecule is Cc1cc(C(=O)O)ccc1NC(=O)N(C)CC1CCCC1. The quantitative estimate of drug-likeness (QED) is 0.893. The molecule has 2 N–H and O–H groups in total. The standard InChI is InChI=1S/C16H22N2O3/c1-11-9-13(15(19)20)7-8-14(11)17-16(21)18(2)10-12-5-3-4-6-12/h7-9,12H,3-6,10H2,1-2H3,(H,17,21)(H,19,20). The van der Waals surface area contributed by atoms with Crippen molar-refractivity contribution in [3.63, 3.8) is 0 Å². The van der Waals surface area contributed by atoms with Crippen molar-refractivity contribution in [2.45, 2.75) is 32.6 Å². The summed E-state index contributed by atoms with van der Waals surface area (Å²) in [5.74, 6) is -0.356. The van der Waals surface area contributed by atoms with Crippen LogP contribution in [-0.4, -0.2) is 35.6 Å². The van der Waals surface area contributed by atoms with Crippen LogP contribution >= 0.6 is 0 Å². The van der Waals surface area contributed by atoms with Crippen LogP contribution in [0, 0.1) is 12.8 Å². The first-order valence-electron chi connectivity index (χ1n) is 7.33. The van der Waals surface area contributed by atoms with Gasteiger partial charge in [0.2, 0.25) is 0 Å². The molecule has 5 heteroatoms. The monoisotopic (exact) mass is 290 g/mol. The van der Waals surface area contributed by atoms with Crippen molar-refractivity contribution in [2.24, 2.45) is 5.92 Å². The smallest absolute Gasteiger partial charge is 0.335 e. The van der Waals surface area contributed by atoms with Crippen molar-refractivity contribution < 1.29 is 14.7 Å². The Kier molecular flexibility index (Phi) is 4.83. The molecule has 1 aromatic carbocycles. The molecule has 1 aliphatic rings. The lowest BCUT2D eigenvalue weighted by Gasteiger charge is -2.22. The molecule has 0 unspecified atom stereocenters. The number of hydrogen-bond donors (Lipinski definition) is 2. The summed E-state index contributed by atoms with van der Waals surface area (Å²) in [6.45, 7) is 2.57. The summed E-state index contributed by atoms with van der Waals surface area (Å²) in [5, 5.41) is 11.8. The summed E-state index contributed by atoms with van der Waals surface area (Å²) in [6.07, 6.45) is 4.92. The average Bonchev–Trinajstić information content (AvgIpc) is 2.93. The first-order valence-corrected chi connectivity index (χ1v) is 7.33. The number of nitrogens with zero attached hydrogens (tertiary/aromatic N) is 1. The Morgan fingerprint density at radius 1 is 1.33 bits per heavy atom. The van der Waals surface area contributed by atoms with Crippen molar-refractivity contribution in [1.29, 1.82) is 0 Å². The molecule has 2 amide bonds. The second kappa shape index (κ2) is 6.61.